The van der Waals surface area contributed by atoms with Gasteiger partial charge in [0.25, 0.3) is 0 Å². The number of aromatic hydroxyl groups is 3. The van der Waals surface area contributed by atoms with Crippen LogP contribution in [0.2, 0.25) is 0 Å². The van der Waals surface area contributed by atoms with Crippen molar-refractivity contribution in [3.63, 3.8) is 0 Å². The number of ether oxygens (including phenoxy) is 1. The van der Waals surface area contributed by atoms with E-state index in [0.717, 1.165) is 11.1 Å². The Balaban J connectivity index is 1.96. The van der Waals surface area contributed by atoms with Gasteiger partial charge >= 0.3 is 0 Å². The van der Waals surface area contributed by atoms with Gasteiger partial charge in [-0.2, -0.15) is 0 Å². The summed E-state index contributed by atoms with van der Waals surface area (Å²) in [5, 5.41) is 40.0. The molecule has 0 amide bonds. The van der Waals surface area contributed by atoms with Crippen LogP contribution in [-0.4, -0.2) is 32.6 Å². The zero-order valence-electron chi connectivity index (χ0n) is 11.1. The van der Waals surface area contributed by atoms with Crippen LogP contribution in [0.15, 0.2) is 30.3 Å². The van der Waals surface area contributed by atoms with Gasteiger partial charge < -0.3 is 25.2 Å². The maximum atomic E-state index is 10.9. The summed E-state index contributed by atoms with van der Waals surface area (Å²) in [7, 11) is 0. The first kappa shape index (κ1) is 12.3. The molecule has 1 aliphatic carbocycles. The molecule has 0 fully saturated rings. The maximum Gasteiger partial charge on any atom is 0.200 e. The van der Waals surface area contributed by atoms with Crippen molar-refractivity contribution >= 4 is 0 Å². The lowest BCUT2D eigenvalue weighted by molar-refractivity contribution is -0.0228. The van der Waals surface area contributed by atoms with Gasteiger partial charge in [-0.3, -0.25) is 0 Å². The van der Waals surface area contributed by atoms with Crippen LogP contribution < -0.4 is 4.74 Å². The van der Waals surface area contributed by atoms with E-state index in [0.29, 0.717) is 12.0 Å². The topological polar surface area (TPSA) is 90.2 Å². The summed E-state index contributed by atoms with van der Waals surface area (Å²) < 4.78 is 5.49. The van der Waals surface area contributed by atoms with E-state index in [-0.39, 0.29) is 35.5 Å². The van der Waals surface area contributed by atoms with Crippen molar-refractivity contribution in [1.82, 2.24) is 0 Å². The third kappa shape index (κ3) is 1.55. The molecule has 0 saturated carbocycles. The van der Waals surface area contributed by atoms with Gasteiger partial charge in [-0.15, -0.1) is 0 Å². The number of phenols is 3. The molecule has 4 rings (SSSR count). The quantitative estimate of drug-likeness (QED) is 0.552. The van der Waals surface area contributed by atoms with E-state index in [1.165, 1.54) is 6.07 Å². The highest BCUT2D eigenvalue weighted by Gasteiger charge is 2.50. The lowest BCUT2D eigenvalue weighted by atomic mass is 9.80. The summed E-state index contributed by atoms with van der Waals surface area (Å²) in [6.45, 7) is 0.0249. The molecular weight excluding hydrogens is 272 g/mol. The number of phenolic OH excluding ortho intramolecular Hbond substituents is 3. The lowest BCUT2D eigenvalue weighted by Gasteiger charge is -2.36. The van der Waals surface area contributed by atoms with Crippen LogP contribution in [0, 0.1) is 0 Å². The minimum absolute atomic E-state index is 0.0249. The molecule has 2 aliphatic rings. The molecule has 108 valence electrons. The summed E-state index contributed by atoms with van der Waals surface area (Å²) in [5.74, 6) is -0.524. The van der Waals surface area contributed by atoms with Crippen LogP contribution in [0.25, 0.3) is 0 Å². The Morgan fingerprint density at radius 1 is 1.05 bits per heavy atom. The number of aliphatic hydroxyl groups is 1. The Hall–Kier alpha value is -2.40. The van der Waals surface area contributed by atoms with E-state index in [4.69, 9.17) is 4.74 Å². The van der Waals surface area contributed by atoms with Crippen molar-refractivity contribution in [3.8, 4) is 23.0 Å². The van der Waals surface area contributed by atoms with E-state index < -0.39 is 5.60 Å². The number of rotatable bonds is 0. The van der Waals surface area contributed by atoms with Crippen LogP contribution in [0.5, 0.6) is 23.0 Å². The summed E-state index contributed by atoms with van der Waals surface area (Å²) >= 11 is 0. The second-order valence-electron chi connectivity index (χ2n) is 5.74. The Labute approximate surface area is 120 Å². The van der Waals surface area contributed by atoms with E-state index in [1.54, 1.807) is 24.3 Å². The Morgan fingerprint density at radius 3 is 2.62 bits per heavy atom. The molecule has 0 spiro atoms. The van der Waals surface area contributed by atoms with Crippen molar-refractivity contribution in [2.75, 3.05) is 6.61 Å². The number of fused-ring (bicyclic) bond motifs is 5. The average Bonchev–Trinajstić information content (AvgIpc) is 2.74. The summed E-state index contributed by atoms with van der Waals surface area (Å²) in [4.78, 5) is 0. The molecule has 2 atom stereocenters. The average molecular weight is 286 g/mol. The molecule has 5 nitrogen and oxygen atoms in total. The van der Waals surface area contributed by atoms with Gasteiger partial charge in [0.2, 0.25) is 5.75 Å². The van der Waals surface area contributed by atoms with Gasteiger partial charge in [0.1, 0.15) is 18.0 Å². The number of hydrogen-bond acceptors (Lipinski definition) is 5. The highest BCUT2D eigenvalue weighted by Crippen LogP contribution is 2.54. The van der Waals surface area contributed by atoms with Crippen molar-refractivity contribution in [2.45, 2.75) is 17.9 Å². The summed E-state index contributed by atoms with van der Waals surface area (Å²) in [6, 6.07) is 8.06. The fourth-order valence-corrected chi connectivity index (χ4v) is 3.49. The molecule has 0 bridgehead atoms. The number of hydrogen-bond donors (Lipinski definition) is 4. The molecular formula is C16H14O5. The largest absolute Gasteiger partial charge is 0.508 e. The molecule has 0 saturated heterocycles. The fraction of sp³-hybridized carbons (Fsp3) is 0.250. The van der Waals surface area contributed by atoms with Gasteiger partial charge in [0.15, 0.2) is 11.5 Å². The molecule has 21 heavy (non-hydrogen) atoms. The Morgan fingerprint density at radius 2 is 1.81 bits per heavy atom. The third-order valence-electron chi connectivity index (χ3n) is 4.39. The Bertz CT molecular complexity index is 755. The highest BCUT2D eigenvalue weighted by atomic mass is 16.5. The van der Waals surface area contributed by atoms with Gasteiger partial charge in [0.05, 0.1) is 0 Å². The Kier molecular flexibility index (Phi) is 2.25. The van der Waals surface area contributed by atoms with Crippen LogP contribution in [-0.2, 0) is 6.42 Å². The van der Waals surface area contributed by atoms with Gasteiger partial charge in [-0.25, -0.2) is 0 Å². The van der Waals surface area contributed by atoms with E-state index >= 15 is 0 Å². The molecule has 1 unspecified atom stereocenters. The van der Waals surface area contributed by atoms with E-state index in [2.05, 4.69) is 0 Å². The zero-order chi connectivity index (χ0) is 14.8. The van der Waals surface area contributed by atoms with E-state index in [9.17, 15) is 20.4 Å². The zero-order valence-corrected chi connectivity index (χ0v) is 11.1. The molecule has 0 radical (unpaired) electrons. The molecule has 1 heterocycles. The second-order valence-corrected chi connectivity index (χ2v) is 5.74. The SMILES string of the molecule is Oc1ccc2c(c1)C[C@]1(O)COc3c(ccc(O)c3O)C21. The predicted octanol–water partition coefficient (Wildman–Crippen LogP) is 1.61. The van der Waals surface area contributed by atoms with Crippen LogP contribution in [0.4, 0.5) is 0 Å². The first-order valence-corrected chi connectivity index (χ1v) is 6.71. The second kappa shape index (κ2) is 3.83. The lowest BCUT2D eigenvalue weighted by Crippen LogP contribution is -2.43. The fourth-order valence-electron chi connectivity index (χ4n) is 3.49. The maximum absolute atomic E-state index is 10.9. The monoisotopic (exact) mass is 286 g/mol. The summed E-state index contributed by atoms with van der Waals surface area (Å²) in [5.41, 5.74) is 1.31. The standard InChI is InChI=1S/C16H14O5/c17-9-1-2-10-8(5-9)6-16(20)7-21-15-11(13(10)16)3-4-12(18)14(15)19/h1-5,13,17-20H,6-7H2/t13?,16-/m0/s1. The molecule has 5 heteroatoms. The predicted molar refractivity (Wildman–Crippen MR) is 73.9 cm³/mol. The van der Waals surface area contributed by atoms with Gasteiger partial charge in [-0.1, -0.05) is 12.1 Å². The first-order chi connectivity index (χ1) is 9.99. The van der Waals surface area contributed by atoms with Crippen molar-refractivity contribution in [1.29, 1.82) is 0 Å². The first-order valence-electron chi connectivity index (χ1n) is 6.71. The molecule has 4 N–H and O–H groups in total. The van der Waals surface area contributed by atoms with Crippen LogP contribution in [0.3, 0.4) is 0 Å². The highest BCUT2D eigenvalue weighted by molar-refractivity contribution is 5.61. The minimum Gasteiger partial charge on any atom is -0.508 e. The summed E-state index contributed by atoms with van der Waals surface area (Å²) in [6.07, 6.45) is 0.377. The van der Waals surface area contributed by atoms with Crippen molar-refractivity contribution < 1.29 is 25.2 Å². The normalized spacial score (nSPS) is 25.7. The molecule has 1 aliphatic heterocycles. The van der Waals surface area contributed by atoms with Crippen molar-refractivity contribution in [2.24, 2.45) is 0 Å². The van der Waals surface area contributed by atoms with Crippen LogP contribution in [0.1, 0.15) is 22.6 Å². The van der Waals surface area contributed by atoms with Gasteiger partial charge in [0, 0.05) is 17.9 Å². The molecule has 2 aromatic rings. The van der Waals surface area contributed by atoms with E-state index in [1.807, 2.05) is 0 Å². The molecule has 2 aromatic carbocycles. The third-order valence-corrected chi connectivity index (χ3v) is 4.39. The van der Waals surface area contributed by atoms with Crippen LogP contribution >= 0.6 is 0 Å². The minimum atomic E-state index is -1.10. The molecule has 0 aromatic heterocycles. The smallest absolute Gasteiger partial charge is 0.200 e. The van der Waals surface area contributed by atoms with Gasteiger partial charge in [-0.05, 0) is 29.3 Å². The number of benzene rings is 2. The van der Waals surface area contributed by atoms with Crippen molar-refractivity contribution in [3.05, 3.63) is 47.0 Å².